The summed E-state index contributed by atoms with van der Waals surface area (Å²) < 4.78 is 0. The zero-order valence-corrected chi connectivity index (χ0v) is 14.0. The second kappa shape index (κ2) is 7.05. The molecule has 116 valence electrons. The van der Waals surface area contributed by atoms with Gasteiger partial charge in [-0.1, -0.05) is 62.6 Å². The lowest BCUT2D eigenvalue weighted by molar-refractivity contribution is 0.180. The van der Waals surface area contributed by atoms with Crippen molar-refractivity contribution in [3.05, 3.63) is 28.8 Å². The molecule has 0 spiro atoms. The van der Waals surface area contributed by atoms with E-state index in [-0.39, 0.29) is 0 Å². The highest BCUT2D eigenvalue weighted by atomic mass is 35.5. The van der Waals surface area contributed by atoms with Gasteiger partial charge in [-0.15, -0.1) is 0 Å². The molecule has 0 bridgehead atoms. The van der Waals surface area contributed by atoms with Gasteiger partial charge in [-0.3, -0.25) is 0 Å². The Morgan fingerprint density at radius 3 is 2.48 bits per heavy atom. The first-order valence-corrected chi connectivity index (χ1v) is 9.14. The Labute approximate surface area is 134 Å². The van der Waals surface area contributed by atoms with E-state index < -0.39 is 0 Å². The van der Waals surface area contributed by atoms with Gasteiger partial charge in [-0.25, -0.2) is 0 Å². The summed E-state index contributed by atoms with van der Waals surface area (Å²) in [6.45, 7) is 2.14. The summed E-state index contributed by atoms with van der Waals surface area (Å²) in [4.78, 5) is 0. The molecule has 0 radical (unpaired) electrons. The van der Waals surface area contributed by atoms with Gasteiger partial charge in [0.05, 0.1) is 10.7 Å². The van der Waals surface area contributed by atoms with Crippen LogP contribution >= 0.6 is 11.6 Å². The van der Waals surface area contributed by atoms with Crippen LogP contribution in [-0.4, -0.2) is 6.04 Å². The normalized spacial score (nSPS) is 27.5. The Hall–Kier alpha value is -0.690. The van der Waals surface area contributed by atoms with Crippen molar-refractivity contribution in [2.24, 2.45) is 11.8 Å². The van der Waals surface area contributed by atoms with Crippen molar-refractivity contribution in [2.75, 3.05) is 5.32 Å². The average molecular weight is 306 g/mol. The summed E-state index contributed by atoms with van der Waals surface area (Å²) in [7, 11) is 0. The van der Waals surface area contributed by atoms with Gasteiger partial charge in [0.15, 0.2) is 0 Å². The maximum Gasteiger partial charge on any atom is 0.0637 e. The van der Waals surface area contributed by atoms with Crippen LogP contribution in [0.3, 0.4) is 0 Å². The molecule has 3 rings (SSSR count). The molecule has 1 aromatic rings. The fourth-order valence-corrected chi connectivity index (χ4v) is 4.59. The van der Waals surface area contributed by atoms with Gasteiger partial charge < -0.3 is 5.32 Å². The first-order chi connectivity index (χ1) is 10.2. The van der Waals surface area contributed by atoms with Gasteiger partial charge in [0.1, 0.15) is 0 Å². The minimum Gasteiger partial charge on any atom is -0.381 e. The number of nitrogens with one attached hydrogen (secondary N) is 1. The Morgan fingerprint density at radius 2 is 1.67 bits per heavy atom. The maximum atomic E-state index is 6.39. The second-order valence-corrected chi connectivity index (χ2v) is 7.49. The number of rotatable bonds is 3. The molecule has 1 N–H and O–H groups in total. The molecule has 1 aromatic carbocycles. The first kappa shape index (κ1) is 15.2. The van der Waals surface area contributed by atoms with Crippen molar-refractivity contribution >= 4 is 17.3 Å². The molecule has 2 unspecified atom stereocenters. The Bertz CT molecular complexity index is 465. The van der Waals surface area contributed by atoms with E-state index in [0.717, 1.165) is 22.5 Å². The lowest BCUT2D eigenvalue weighted by atomic mass is 9.71. The van der Waals surface area contributed by atoms with Crippen molar-refractivity contribution in [1.29, 1.82) is 0 Å². The maximum absolute atomic E-state index is 6.39. The van der Waals surface area contributed by atoms with Crippen molar-refractivity contribution in [2.45, 2.75) is 70.8 Å². The van der Waals surface area contributed by atoms with Crippen LogP contribution < -0.4 is 5.32 Å². The van der Waals surface area contributed by atoms with Gasteiger partial charge in [0, 0.05) is 6.04 Å². The molecule has 1 nitrogen and oxygen atoms in total. The van der Waals surface area contributed by atoms with Crippen molar-refractivity contribution in [3.8, 4) is 0 Å². The Balaban J connectivity index is 1.73. The molecule has 0 aromatic heterocycles. The first-order valence-electron chi connectivity index (χ1n) is 8.77. The van der Waals surface area contributed by atoms with E-state index in [9.17, 15) is 0 Å². The number of aryl methyl sites for hydroxylation is 1. The number of halogens is 1. The highest BCUT2D eigenvalue weighted by Gasteiger charge is 2.32. The Morgan fingerprint density at radius 1 is 0.952 bits per heavy atom. The Kier molecular flexibility index (Phi) is 5.11. The highest BCUT2D eigenvalue weighted by Crippen LogP contribution is 2.40. The number of anilines is 1. The molecule has 21 heavy (non-hydrogen) atoms. The molecule has 2 atom stereocenters. The van der Waals surface area contributed by atoms with E-state index in [1.165, 1.54) is 63.4 Å². The van der Waals surface area contributed by atoms with E-state index >= 15 is 0 Å². The smallest absolute Gasteiger partial charge is 0.0637 e. The van der Waals surface area contributed by atoms with E-state index in [4.69, 9.17) is 11.6 Å². The van der Waals surface area contributed by atoms with Gasteiger partial charge >= 0.3 is 0 Å². The van der Waals surface area contributed by atoms with Crippen molar-refractivity contribution in [1.82, 2.24) is 0 Å². The lowest BCUT2D eigenvalue weighted by Crippen LogP contribution is -2.37. The van der Waals surface area contributed by atoms with Crippen LogP contribution in [-0.2, 0) is 0 Å². The molecule has 0 saturated heterocycles. The van der Waals surface area contributed by atoms with Crippen LogP contribution in [0.4, 0.5) is 5.69 Å². The SMILES string of the molecule is Cc1ccc(Cl)c(NC2CCCCC2C2CCCCC2)c1. The number of hydrogen-bond donors (Lipinski definition) is 1. The summed E-state index contributed by atoms with van der Waals surface area (Å²) in [5, 5.41) is 4.67. The van der Waals surface area contributed by atoms with Gasteiger partial charge in [-0.05, 0) is 49.3 Å². The van der Waals surface area contributed by atoms with E-state index in [0.29, 0.717) is 6.04 Å². The van der Waals surface area contributed by atoms with Crippen LogP contribution in [0.2, 0.25) is 5.02 Å². The van der Waals surface area contributed by atoms with E-state index in [2.05, 4.69) is 24.4 Å². The van der Waals surface area contributed by atoms with Crippen molar-refractivity contribution < 1.29 is 0 Å². The third-order valence-electron chi connectivity index (χ3n) is 5.54. The van der Waals surface area contributed by atoms with Gasteiger partial charge in [-0.2, -0.15) is 0 Å². The van der Waals surface area contributed by atoms with Crippen LogP contribution in [0.15, 0.2) is 18.2 Å². The summed E-state index contributed by atoms with van der Waals surface area (Å²) in [6.07, 6.45) is 12.7. The highest BCUT2D eigenvalue weighted by molar-refractivity contribution is 6.33. The molecule has 2 heteroatoms. The molecule has 0 heterocycles. The van der Waals surface area contributed by atoms with Gasteiger partial charge in [0.25, 0.3) is 0 Å². The predicted molar refractivity (Wildman–Crippen MR) is 92.1 cm³/mol. The van der Waals surface area contributed by atoms with E-state index in [1.807, 2.05) is 6.07 Å². The predicted octanol–water partition coefficient (Wildman–Crippen LogP) is 6.20. The zero-order valence-electron chi connectivity index (χ0n) is 13.2. The molecular weight excluding hydrogens is 278 g/mol. The van der Waals surface area contributed by atoms with E-state index in [1.54, 1.807) is 0 Å². The summed E-state index contributed by atoms with van der Waals surface area (Å²) in [5.74, 6) is 1.80. The lowest BCUT2D eigenvalue weighted by Gasteiger charge is -2.40. The van der Waals surface area contributed by atoms with Crippen LogP contribution in [0.1, 0.15) is 63.4 Å². The monoisotopic (exact) mass is 305 g/mol. The van der Waals surface area contributed by atoms with Crippen molar-refractivity contribution in [3.63, 3.8) is 0 Å². The molecule has 2 saturated carbocycles. The minimum atomic E-state index is 0.626. The molecule has 0 aliphatic heterocycles. The largest absolute Gasteiger partial charge is 0.381 e. The molecule has 2 aliphatic carbocycles. The minimum absolute atomic E-state index is 0.626. The third-order valence-corrected chi connectivity index (χ3v) is 5.87. The summed E-state index contributed by atoms with van der Waals surface area (Å²) in [6, 6.07) is 6.95. The number of hydrogen-bond acceptors (Lipinski definition) is 1. The van der Waals surface area contributed by atoms with Crippen LogP contribution in [0.25, 0.3) is 0 Å². The number of benzene rings is 1. The van der Waals surface area contributed by atoms with Crippen LogP contribution in [0.5, 0.6) is 0 Å². The standard InChI is InChI=1S/C19H28ClN/c1-14-11-12-17(20)19(13-14)21-18-10-6-5-9-16(18)15-7-3-2-4-8-15/h11-13,15-16,18,21H,2-10H2,1H3. The molecule has 2 fully saturated rings. The van der Waals surface area contributed by atoms with Crippen LogP contribution in [0, 0.1) is 18.8 Å². The average Bonchev–Trinajstić information content (AvgIpc) is 2.52. The third kappa shape index (κ3) is 3.74. The zero-order chi connectivity index (χ0) is 14.7. The second-order valence-electron chi connectivity index (χ2n) is 7.08. The molecule has 0 amide bonds. The fourth-order valence-electron chi connectivity index (χ4n) is 4.41. The van der Waals surface area contributed by atoms with Gasteiger partial charge in [0.2, 0.25) is 0 Å². The summed E-state index contributed by atoms with van der Waals surface area (Å²) in [5.41, 5.74) is 2.43. The molecule has 2 aliphatic rings. The summed E-state index contributed by atoms with van der Waals surface area (Å²) >= 11 is 6.39. The molecular formula is C19H28ClN. The fraction of sp³-hybridized carbons (Fsp3) is 0.684. The topological polar surface area (TPSA) is 12.0 Å². The quantitative estimate of drug-likeness (QED) is 0.701.